The Hall–Kier alpha value is -2.04. The number of anilines is 1. The summed E-state index contributed by atoms with van der Waals surface area (Å²) in [5, 5.41) is 11.7. The van der Waals surface area contributed by atoms with Crippen molar-refractivity contribution in [1.29, 1.82) is 0 Å². The molecule has 0 bridgehead atoms. The lowest BCUT2D eigenvalue weighted by atomic mass is 10.1. The van der Waals surface area contributed by atoms with Gasteiger partial charge >= 0.3 is 5.97 Å². The Kier molecular flexibility index (Phi) is 4.51. The maximum atomic E-state index is 11.2. The van der Waals surface area contributed by atoms with Crippen molar-refractivity contribution in [2.45, 2.75) is 25.8 Å². The van der Waals surface area contributed by atoms with Crippen LogP contribution in [0.1, 0.15) is 30.1 Å². The minimum Gasteiger partial charge on any atom is -0.481 e. The molecule has 0 aliphatic rings. The van der Waals surface area contributed by atoms with Gasteiger partial charge in [-0.2, -0.15) is 0 Å². The number of nitrogens with one attached hydrogen (secondary N) is 1. The van der Waals surface area contributed by atoms with Gasteiger partial charge in [-0.3, -0.25) is 9.59 Å². The van der Waals surface area contributed by atoms with Gasteiger partial charge in [0.25, 0.3) is 5.91 Å². The van der Waals surface area contributed by atoms with E-state index >= 15 is 0 Å². The van der Waals surface area contributed by atoms with Crippen molar-refractivity contribution in [2.24, 2.45) is 5.73 Å². The van der Waals surface area contributed by atoms with Gasteiger partial charge in [0.1, 0.15) is 0 Å². The number of carboxylic acids is 1. The van der Waals surface area contributed by atoms with E-state index in [0.29, 0.717) is 17.7 Å². The summed E-state index contributed by atoms with van der Waals surface area (Å²) in [5.74, 6) is -1.33. The highest BCUT2D eigenvalue weighted by Crippen LogP contribution is 2.16. The third kappa shape index (κ3) is 4.14. The van der Waals surface area contributed by atoms with E-state index < -0.39 is 11.9 Å². The fraction of sp³-hybridized carbons (Fsp3) is 0.333. The van der Waals surface area contributed by atoms with Gasteiger partial charge < -0.3 is 16.2 Å². The molecule has 17 heavy (non-hydrogen) atoms. The van der Waals surface area contributed by atoms with Gasteiger partial charge in [-0.05, 0) is 25.5 Å². The predicted molar refractivity (Wildman–Crippen MR) is 64.9 cm³/mol. The van der Waals surface area contributed by atoms with Crippen LogP contribution in [0, 0.1) is 0 Å². The minimum absolute atomic E-state index is 0.0356. The van der Waals surface area contributed by atoms with Crippen molar-refractivity contribution in [3.05, 3.63) is 29.8 Å². The van der Waals surface area contributed by atoms with Gasteiger partial charge in [-0.15, -0.1) is 0 Å². The van der Waals surface area contributed by atoms with Crippen molar-refractivity contribution in [2.75, 3.05) is 5.32 Å². The molecular formula is C12H16N2O3. The first-order valence-corrected chi connectivity index (χ1v) is 5.38. The number of carbonyl (C=O) groups excluding carboxylic acids is 1. The first-order chi connectivity index (χ1) is 8.00. The Morgan fingerprint density at radius 3 is 2.65 bits per heavy atom. The molecule has 0 radical (unpaired) electrons. The molecule has 1 aromatic rings. The van der Waals surface area contributed by atoms with Crippen LogP contribution in [0.5, 0.6) is 0 Å². The van der Waals surface area contributed by atoms with Crippen LogP contribution in [0.25, 0.3) is 0 Å². The maximum Gasteiger partial charge on any atom is 0.303 e. The maximum absolute atomic E-state index is 11.2. The van der Waals surface area contributed by atoms with Crippen LogP contribution in [0.4, 0.5) is 5.69 Å². The van der Waals surface area contributed by atoms with E-state index in [2.05, 4.69) is 5.32 Å². The lowest BCUT2D eigenvalue weighted by Crippen LogP contribution is -2.20. The minimum atomic E-state index is -0.832. The van der Waals surface area contributed by atoms with Crippen LogP contribution < -0.4 is 11.1 Å². The highest BCUT2D eigenvalue weighted by atomic mass is 16.4. The van der Waals surface area contributed by atoms with E-state index in [0.717, 1.165) is 0 Å². The second-order valence-corrected chi connectivity index (χ2v) is 3.89. The SMILES string of the molecule is CC(CCC(=O)O)Nc1ccccc1C(N)=O. The number of aliphatic carboxylic acids is 1. The van der Waals surface area contributed by atoms with E-state index in [1.165, 1.54) is 0 Å². The molecule has 4 N–H and O–H groups in total. The third-order valence-electron chi connectivity index (χ3n) is 2.39. The predicted octanol–water partition coefficient (Wildman–Crippen LogP) is 1.45. The molecule has 1 atom stereocenters. The summed E-state index contributed by atoms with van der Waals surface area (Å²) in [4.78, 5) is 21.6. The highest BCUT2D eigenvalue weighted by Gasteiger charge is 2.10. The van der Waals surface area contributed by atoms with Crippen molar-refractivity contribution in [3.8, 4) is 0 Å². The van der Waals surface area contributed by atoms with Crippen LogP contribution in [0.15, 0.2) is 24.3 Å². The fourth-order valence-electron chi connectivity index (χ4n) is 1.50. The first kappa shape index (κ1) is 13.0. The number of hydrogen-bond acceptors (Lipinski definition) is 3. The number of rotatable bonds is 6. The first-order valence-electron chi connectivity index (χ1n) is 5.38. The zero-order valence-corrected chi connectivity index (χ0v) is 9.64. The summed E-state index contributed by atoms with van der Waals surface area (Å²) in [6.45, 7) is 1.86. The van der Waals surface area contributed by atoms with Crippen molar-refractivity contribution in [3.63, 3.8) is 0 Å². The number of carbonyl (C=O) groups is 2. The van der Waals surface area contributed by atoms with E-state index in [-0.39, 0.29) is 12.5 Å². The smallest absolute Gasteiger partial charge is 0.303 e. The van der Waals surface area contributed by atoms with Crippen LogP contribution in [0.2, 0.25) is 0 Å². The lowest BCUT2D eigenvalue weighted by molar-refractivity contribution is -0.137. The Morgan fingerprint density at radius 1 is 1.41 bits per heavy atom. The quantitative estimate of drug-likeness (QED) is 0.697. The number of primary amides is 1. The van der Waals surface area contributed by atoms with Gasteiger partial charge in [-0.25, -0.2) is 0 Å². The van der Waals surface area contributed by atoms with Crippen LogP contribution >= 0.6 is 0 Å². The average Bonchev–Trinajstić information content (AvgIpc) is 2.27. The van der Waals surface area contributed by atoms with Gasteiger partial charge in [0.15, 0.2) is 0 Å². The summed E-state index contributed by atoms with van der Waals surface area (Å²) >= 11 is 0. The standard InChI is InChI=1S/C12H16N2O3/c1-8(6-7-11(15)16)14-10-5-3-2-4-9(10)12(13)17/h2-5,8,14H,6-7H2,1H3,(H2,13,17)(H,15,16). The number of amides is 1. The Morgan fingerprint density at radius 2 is 2.06 bits per heavy atom. The molecule has 0 spiro atoms. The normalized spacial score (nSPS) is 11.8. The molecule has 0 aliphatic heterocycles. The second-order valence-electron chi connectivity index (χ2n) is 3.89. The zero-order valence-electron chi connectivity index (χ0n) is 9.64. The highest BCUT2D eigenvalue weighted by molar-refractivity contribution is 5.98. The zero-order chi connectivity index (χ0) is 12.8. The number of para-hydroxylation sites is 1. The van der Waals surface area contributed by atoms with Crippen LogP contribution in [-0.2, 0) is 4.79 Å². The Balaban J connectivity index is 2.67. The molecule has 5 heteroatoms. The molecule has 0 fully saturated rings. The molecule has 0 heterocycles. The largest absolute Gasteiger partial charge is 0.481 e. The van der Waals surface area contributed by atoms with E-state index in [9.17, 15) is 9.59 Å². The summed E-state index contributed by atoms with van der Waals surface area (Å²) in [5.41, 5.74) is 6.29. The number of hydrogen-bond donors (Lipinski definition) is 3. The molecule has 0 saturated carbocycles. The van der Waals surface area contributed by atoms with Gasteiger partial charge in [-0.1, -0.05) is 12.1 Å². The lowest BCUT2D eigenvalue weighted by Gasteiger charge is -2.16. The molecule has 92 valence electrons. The molecule has 0 saturated heterocycles. The number of nitrogens with two attached hydrogens (primary N) is 1. The summed E-state index contributed by atoms with van der Waals surface area (Å²) in [6, 6.07) is 6.87. The Bertz CT molecular complexity index is 418. The molecule has 0 aliphatic carbocycles. The van der Waals surface area contributed by atoms with E-state index in [1.54, 1.807) is 24.3 Å². The van der Waals surface area contributed by atoms with Crippen molar-refractivity contribution >= 4 is 17.6 Å². The topological polar surface area (TPSA) is 92.4 Å². The third-order valence-corrected chi connectivity index (χ3v) is 2.39. The van der Waals surface area contributed by atoms with Crippen molar-refractivity contribution < 1.29 is 14.7 Å². The number of benzene rings is 1. The van der Waals surface area contributed by atoms with Gasteiger partial charge in [0.05, 0.1) is 5.56 Å². The van der Waals surface area contributed by atoms with Crippen LogP contribution in [-0.4, -0.2) is 23.0 Å². The molecule has 1 rings (SSSR count). The Labute approximate surface area is 99.6 Å². The van der Waals surface area contributed by atoms with E-state index in [1.807, 2.05) is 6.92 Å². The molecule has 5 nitrogen and oxygen atoms in total. The van der Waals surface area contributed by atoms with Crippen molar-refractivity contribution in [1.82, 2.24) is 0 Å². The summed E-state index contributed by atoms with van der Waals surface area (Å²) in [6.07, 6.45) is 0.579. The monoisotopic (exact) mass is 236 g/mol. The molecular weight excluding hydrogens is 220 g/mol. The molecule has 1 unspecified atom stereocenters. The second kappa shape index (κ2) is 5.89. The van der Waals surface area contributed by atoms with Crippen LogP contribution in [0.3, 0.4) is 0 Å². The van der Waals surface area contributed by atoms with Gasteiger partial charge in [0.2, 0.25) is 0 Å². The van der Waals surface area contributed by atoms with E-state index in [4.69, 9.17) is 10.8 Å². The fourth-order valence-corrected chi connectivity index (χ4v) is 1.50. The summed E-state index contributed by atoms with van der Waals surface area (Å²) < 4.78 is 0. The number of carboxylic acid groups (broad SMARTS) is 1. The average molecular weight is 236 g/mol. The molecule has 1 aromatic carbocycles. The van der Waals surface area contributed by atoms with Gasteiger partial charge in [0, 0.05) is 18.2 Å². The molecule has 1 amide bonds. The summed E-state index contributed by atoms with van der Waals surface area (Å²) in [7, 11) is 0. The molecule has 0 aromatic heterocycles.